The van der Waals surface area contributed by atoms with Crippen molar-refractivity contribution in [1.29, 1.82) is 0 Å². The molecular weight excluding hydrogens is 1300 g/mol. The van der Waals surface area contributed by atoms with Crippen LogP contribution in [-0.2, 0) is 42.6 Å². The molecule has 554 valence electrons. The first-order valence-electron chi connectivity index (χ1n) is 32.5. The Hall–Kier alpha value is -9.94. The van der Waals surface area contributed by atoms with E-state index in [0.717, 1.165) is 0 Å². The normalized spacial score (nSPS) is 11.8. The Morgan fingerprint density at radius 3 is 0.590 bits per heavy atom. The van der Waals surface area contributed by atoms with Gasteiger partial charge in [0.25, 0.3) is 17.7 Å². The minimum Gasteiger partial charge on any atom is -0.455 e. The van der Waals surface area contributed by atoms with Gasteiger partial charge in [0, 0.05) is 56.0 Å². The first kappa shape index (κ1) is 84.3. The number of esters is 3. The Kier molecular flexibility index (Phi) is 32.4. The fourth-order valence-corrected chi connectivity index (χ4v) is 8.09. The summed E-state index contributed by atoms with van der Waals surface area (Å²) in [6.45, 7) is 29.5. The second-order valence-electron chi connectivity index (χ2n) is 28.7. The Morgan fingerprint density at radius 1 is 0.270 bits per heavy atom. The van der Waals surface area contributed by atoms with Crippen LogP contribution in [0.1, 0.15) is 187 Å². The van der Waals surface area contributed by atoms with Crippen LogP contribution in [0.15, 0.2) is 72.8 Å². The first-order chi connectivity index (χ1) is 46.2. The molecule has 0 aliphatic heterocycles. The Morgan fingerprint density at radius 2 is 0.430 bits per heavy atom. The minimum atomic E-state index is -1.07. The van der Waals surface area contributed by atoms with Gasteiger partial charge in [-0.1, -0.05) is 0 Å². The standard InChI is InChI=1S/C69H102N10O21/c1-64(2,3)95-58(86)73-37-49(38-74-59(87)96-65(4,5)6)92-55(83)46-25-19-43(20-26-46)52(80)70-31-34-79(35-32-71-53(81)44-21-27-47(28-22-44)56(84)93-50(39-75-60(88)97-66(7,8)9)40-76-61(89)98-67(10,11)12)36-33-72-54(82)45-23-29-48(30-24-45)57(85)94-51(41-77-62(90)99-68(13,14)15)42-78-63(91)100-69(16,17)18/h19-30,49-51H,31-42H2,1-18H3,(H,70,80)(H,71,81)(H,72,82)(H,73,86)(H,74,87)(H,75,88)(H,76,89)(H,77,90)(H,78,91). The Bertz CT molecular complexity index is 2810. The van der Waals surface area contributed by atoms with Crippen molar-refractivity contribution in [1.82, 2.24) is 52.8 Å². The molecule has 9 N–H and O–H groups in total. The van der Waals surface area contributed by atoms with E-state index in [1.165, 1.54) is 72.8 Å². The van der Waals surface area contributed by atoms with E-state index in [0.29, 0.717) is 0 Å². The third-order valence-electron chi connectivity index (χ3n) is 12.3. The average molecular weight is 1410 g/mol. The van der Waals surface area contributed by atoms with Crippen molar-refractivity contribution in [2.45, 2.75) is 177 Å². The summed E-state index contributed by atoms with van der Waals surface area (Å²) >= 11 is 0. The van der Waals surface area contributed by atoms with Crippen molar-refractivity contribution < 1.29 is 100 Å². The molecule has 0 fully saturated rings. The number of ether oxygens (including phenoxy) is 9. The molecule has 0 saturated carbocycles. The molecule has 100 heavy (non-hydrogen) atoms. The monoisotopic (exact) mass is 1410 g/mol. The number of rotatable bonds is 30. The zero-order valence-corrected chi connectivity index (χ0v) is 60.7. The van der Waals surface area contributed by atoms with Crippen LogP contribution < -0.4 is 47.9 Å². The summed E-state index contributed by atoms with van der Waals surface area (Å²) in [7, 11) is 0. The summed E-state index contributed by atoms with van der Waals surface area (Å²) < 4.78 is 48.7. The third kappa shape index (κ3) is 37.1. The van der Waals surface area contributed by atoms with E-state index in [2.05, 4.69) is 47.9 Å². The molecule has 3 aromatic rings. The van der Waals surface area contributed by atoms with Gasteiger partial charge in [-0.15, -0.1) is 0 Å². The highest BCUT2D eigenvalue weighted by atomic mass is 16.6. The molecule has 31 nitrogen and oxygen atoms in total. The first-order valence-corrected chi connectivity index (χ1v) is 32.5. The largest absolute Gasteiger partial charge is 0.455 e. The molecule has 3 rings (SSSR count). The van der Waals surface area contributed by atoms with E-state index in [1.54, 1.807) is 125 Å². The van der Waals surface area contributed by atoms with Gasteiger partial charge in [-0.25, -0.2) is 43.2 Å². The van der Waals surface area contributed by atoms with Gasteiger partial charge in [0.1, 0.15) is 51.9 Å². The highest BCUT2D eigenvalue weighted by molar-refractivity contribution is 5.98. The number of hydrogen-bond acceptors (Lipinski definition) is 22. The number of carbonyl (C=O) groups excluding carboxylic acids is 12. The molecule has 0 aromatic heterocycles. The van der Waals surface area contributed by atoms with E-state index < -0.39 is 124 Å². The molecule has 0 saturated heterocycles. The third-order valence-corrected chi connectivity index (χ3v) is 12.3. The molecule has 3 aromatic carbocycles. The molecule has 9 amide bonds. The molecule has 0 bridgehead atoms. The minimum absolute atomic E-state index is 0.0469. The Balaban J connectivity index is 1.77. The van der Waals surface area contributed by atoms with E-state index in [-0.39, 0.29) is 112 Å². The van der Waals surface area contributed by atoms with Crippen molar-refractivity contribution in [2.24, 2.45) is 0 Å². The second kappa shape index (κ2) is 38.4. The maximum absolute atomic E-state index is 13.5. The molecule has 31 heteroatoms. The fraction of sp³-hybridized carbons (Fsp3) is 0.565. The summed E-state index contributed by atoms with van der Waals surface area (Å²) in [5.41, 5.74) is -4.25. The number of hydrogen-bond donors (Lipinski definition) is 9. The van der Waals surface area contributed by atoms with Crippen molar-refractivity contribution in [3.8, 4) is 0 Å². The van der Waals surface area contributed by atoms with E-state index in [4.69, 9.17) is 42.6 Å². The van der Waals surface area contributed by atoms with Crippen LogP contribution in [0.25, 0.3) is 0 Å². The zero-order chi connectivity index (χ0) is 75.4. The van der Waals surface area contributed by atoms with E-state index in [1.807, 2.05) is 4.90 Å². The lowest BCUT2D eigenvalue weighted by molar-refractivity contribution is 0.0221. The number of nitrogens with one attached hydrogen (secondary N) is 9. The predicted molar refractivity (Wildman–Crippen MR) is 366 cm³/mol. The van der Waals surface area contributed by atoms with Crippen molar-refractivity contribution in [2.75, 3.05) is 78.5 Å². The highest BCUT2D eigenvalue weighted by Gasteiger charge is 2.28. The number of nitrogens with zero attached hydrogens (tertiary/aromatic N) is 1. The molecule has 0 radical (unpaired) electrons. The predicted octanol–water partition coefficient (Wildman–Crippen LogP) is 7.30. The summed E-state index contributed by atoms with van der Waals surface area (Å²) in [4.78, 5) is 157. The van der Waals surface area contributed by atoms with Gasteiger partial charge in [-0.3, -0.25) is 19.3 Å². The summed E-state index contributed by atoms with van der Waals surface area (Å²) in [5.74, 6) is -4.03. The second-order valence-corrected chi connectivity index (χ2v) is 28.7. The van der Waals surface area contributed by atoms with Crippen LogP contribution in [0.5, 0.6) is 0 Å². The van der Waals surface area contributed by atoms with Crippen LogP contribution in [0, 0.1) is 0 Å². The van der Waals surface area contributed by atoms with E-state index >= 15 is 0 Å². The molecule has 0 atom stereocenters. The van der Waals surface area contributed by atoms with Crippen LogP contribution >= 0.6 is 0 Å². The van der Waals surface area contributed by atoms with E-state index in [9.17, 15) is 57.5 Å². The highest BCUT2D eigenvalue weighted by Crippen LogP contribution is 2.16. The van der Waals surface area contributed by atoms with Crippen molar-refractivity contribution >= 4 is 72.2 Å². The van der Waals surface area contributed by atoms with Gasteiger partial charge in [0.15, 0.2) is 0 Å². The van der Waals surface area contributed by atoms with Gasteiger partial charge in [-0.2, -0.15) is 0 Å². The van der Waals surface area contributed by atoms with Crippen LogP contribution in [0.2, 0.25) is 0 Å². The Labute approximate surface area is 584 Å². The summed E-state index contributed by atoms with van der Waals surface area (Å²) in [6, 6.07) is 16.6. The maximum Gasteiger partial charge on any atom is 0.407 e. The van der Waals surface area contributed by atoms with Crippen LogP contribution in [0.4, 0.5) is 28.8 Å². The summed E-state index contributed by atoms with van der Waals surface area (Å²) in [5, 5.41) is 23.7. The van der Waals surface area contributed by atoms with Gasteiger partial charge in [-0.05, 0) is 197 Å². The smallest absolute Gasteiger partial charge is 0.407 e. The topological polar surface area (TPSA) is 399 Å². The van der Waals surface area contributed by atoms with Gasteiger partial charge >= 0.3 is 54.5 Å². The number of benzene rings is 3. The molecule has 0 aliphatic rings. The average Bonchev–Trinajstić information content (AvgIpc) is 0.872. The molecule has 0 heterocycles. The van der Waals surface area contributed by atoms with Gasteiger partial charge in [0.2, 0.25) is 0 Å². The number of alkyl carbamates (subject to hydrolysis) is 6. The maximum atomic E-state index is 13.5. The lowest BCUT2D eigenvalue weighted by atomic mass is 10.1. The number of amides is 9. The van der Waals surface area contributed by atoms with Crippen LogP contribution in [0.3, 0.4) is 0 Å². The molecule has 0 unspecified atom stereocenters. The SMILES string of the molecule is CC(C)(C)OC(=O)NCC(CNC(=O)OC(C)(C)C)OC(=O)c1ccc(C(=O)NCCN(CCNC(=O)c2ccc(C(=O)OC(CNC(=O)OC(C)(C)C)CNC(=O)OC(C)(C)C)cc2)CCNC(=O)c2ccc(C(=O)OC(CNC(=O)OC(C)(C)C)CNC(=O)OC(C)(C)C)cc2)cc1. The van der Waals surface area contributed by atoms with Crippen molar-refractivity contribution in [3.63, 3.8) is 0 Å². The van der Waals surface area contributed by atoms with Crippen LogP contribution in [-0.4, -0.2) is 208 Å². The fourth-order valence-electron chi connectivity index (χ4n) is 8.09. The molecular formula is C69H102N10O21. The lowest BCUT2D eigenvalue weighted by Gasteiger charge is -2.24. The van der Waals surface area contributed by atoms with Crippen molar-refractivity contribution in [3.05, 3.63) is 106 Å². The number of carbonyl (C=O) groups is 12. The lowest BCUT2D eigenvalue weighted by Crippen LogP contribution is -2.44. The quantitative estimate of drug-likeness (QED) is 0.0233. The zero-order valence-electron chi connectivity index (χ0n) is 60.7. The summed E-state index contributed by atoms with van der Waals surface area (Å²) in [6.07, 6.45) is -7.91. The van der Waals surface area contributed by atoms with Gasteiger partial charge in [0.05, 0.1) is 56.0 Å². The van der Waals surface area contributed by atoms with Gasteiger partial charge < -0.3 is 90.5 Å². The molecule has 0 spiro atoms. The molecule has 0 aliphatic carbocycles.